The SMILES string of the molecule is CCOC(=O)C(CC)(CN)CCC(C)C. The van der Waals surface area contributed by atoms with Crippen LogP contribution in [0.25, 0.3) is 0 Å². The Labute approximate surface area is 93.4 Å². The molecule has 1 unspecified atom stereocenters. The fraction of sp³-hybridized carbons (Fsp3) is 0.917. The Balaban J connectivity index is 4.49. The van der Waals surface area contributed by atoms with Gasteiger partial charge in [0.2, 0.25) is 0 Å². The van der Waals surface area contributed by atoms with E-state index >= 15 is 0 Å². The van der Waals surface area contributed by atoms with Gasteiger partial charge in [0, 0.05) is 6.54 Å². The fourth-order valence-corrected chi connectivity index (χ4v) is 1.60. The van der Waals surface area contributed by atoms with Crippen LogP contribution in [-0.4, -0.2) is 19.1 Å². The number of carbonyl (C=O) groups is 1. The van der Waals surface area contributed by atoms with E-state index in [9.17, 15) is 4.79 Å². The highest BCUT2D eigenvalue weighted by Crippen LogP contribution is 2.30. The molecule has 0 bridgehead atoms. The Kier molecular flexibility index (Phi) is 6.57. The Morgan fingerprint density at radius 3 is 2.33 bits per heavy atom. The zero-order valence-electron chi connectivity index (χ0n) is 10.5. The van der Waals surface area contributed by atoms with Gasteiger partial charge in [-0.2, -0.15) is 0 Å². The average molecular weight is 215 g/mol. The van der Waals surface area contributed by atoms with E-state index in [1.807, 2.05) is 13.8 Å². The van der Waals surface area contributed by atoms with Crippen LogP contribution >= 0.6 is 0 Å². The van der Waals surface area contributed by atoms with E-state index in [1.54, 1.807) is 0 Å². The van der Waals surface area contributed by atoms with Crippen molar-refractivity contribution in [2.75, 3.05) is 13.2 Å². The van der Waals surface area contributed by atoms with Gasteiger partial charge in [0.1, 0.15) is 0 Å². The zero-order valence-corrected chi connectivity index (χ0v) is 10.5. The molecule has 0 amide bonds. The number of hydrogen-bond acceptors (Lipinski definition) is 3. The second-order valence-electron chi connectivity index (χ2n) is 4.49. The second-order valence-corrected chi connectivity index (χ2v) is 4.49. The minimum absolute atomic E-state index is 0.129. The summed E-state index contributed by atoms with van der Waals surface area (Å²) >= 11 is 0. The lowest BCUT2D eigenvalue weighted by Crippen LogP contribution is -2.39. The van der Waals surface area contributed by atoms with E-state index in [4.69, 9.17) is 10.5 Å². The molecule has 0 aliphatic heterocycles. The first-order chi connectivity index (χ1) is 7.02. The van der Waals surface area contributed by atoms with Crippen molar-refractivity contribution in [3.8, 4) is 0 Å². The summed E-state index contributed by atoms with van der Waals surface area (Å²) in [6.45, 7) is 8.96. The quantitative estimate of drug-likeness (QED) is 0.663. The van der Waals surface area contributed by atoms with Gasteiger partial charge in [0.15, 0.2) is 0 Å². The maximum Gasteiger partial charge on any atom is 0.313 e. The highest BCUT2D eigenvalue weighted by Gasteiger charge is 2.36. The topological polar surface area (TPSA) is 52.3 Å². The van der Waals surface area contributed by atoms with Gasteiger partial charge >= 0.3 is 5.97 Å². The van der Waals surface area contributed by atoms with Crippen LogP contribution in [0.3, 0.4) is 0 Å². The highest BCUT2D eigenvalue weighted by atomic mass is 16.5. The third kappa shape index (κ3) is 4.20. The van der Waals surface area contributed by atoms with Crippen molar-refractivity contribution in [2.45, 2.75) is 47.0 Å². The third-order valence-electron chi connectivity index (χ3n) is 2.98. The average Bonchev–Trinajstić information content (AvgIpc) is 2.20. The Hall–Kier alpha value is -0.570. The lowest BCUT2D eigenvalue weighted by atomic mass is 9.79. The third-order valence-corrected chi connectivity index (χ3v) is 2.98. The molecule has 0 aliphatic rings. The van der Waals surface area contributed by atoms with Gasteiger partial charge in [0.25, 0.3) is 0 Å². The molecule has 1 atom stereocenters. The van der Waals surface area contributed by atoms with Crippen molar-refractivity contribution in [1.29, 1.82) is 0 Å². The van der Waals surface area contributed by atoms with Crippen molar-refractivity contribution < 1.29 is 9.53 Å². The minimum atomic E-state index is -0.458. The maximum absolute atomic E-state index is 11.8. The lowest BCUT2D eigenvalue weighted by molar-refractivity contribution is -0.155. The zero-order chi connectivity index (χ0) is 11.9. The van der Waals surface area contributed by atoms with Crippen molar-refractivity contribution in [1.82, 2.24) is 0 Å². The van der Waals surface area contributed by atoms with Crippen LogP contribution in [0.15, 0.2) is 0 Å². The minimum Gasteiger partial charge on any atom is -0.466 e. The van der Waals surface area contributed by atoms with Crippen LogP contribution in [0, 0.1) is 11.3 Å². The summed E-state index contributed by atoms with van der Waals surface area (Å²) in [6, 6.07) is 0. The second kappa shape index (κ2) is 6.83. The molecular weight excluding hydrogens is 190 g/mol. The van der Waals surface area contributed by atoms with Crippen molar-refractivity contribution in [2.24, 2.45) is 17.1 Å². The molecule has 15 heavy (non-hydrogen) atoms. The fourth-order valence-electron chi connectivity index (χ4n) is 1.60. The van der Waals surface area contributed by atoms with Crippen LogP contribution in [0.4, 0.5) is 0 Å². The van der Waals surface area contributed by atoms with E-state index in [0.717, 1.165) is 19.3 Å². The smallest absolute Gasteiger partial charge is 0.313 e. The van der Waals surface area contributed by atoms with E-state index in [-0.39, 0.29) is 5.97 Å². The summed E-state index contributed by atoms with van der Waals surface area (Å²) in [6.07, 6.45) is 2.61. The molecule has 0 radical (unpaired) electrons. The van der Waals surface area contributed by atoms with Crippen LogP contribution in [0.5, 0.6) is 0 Å². The van der Waals surface area contributed by atoms with Crippen molar-refractivity contribution >= 4 is 5.97 Å². The molecule has 0 aromatic heterocycles. The normalized spacial score (nSPS) is 15.1. The molecule has 0 heterocycles. The first kappa shape index (κ1) is 14.4. The Bertz CT molecular complexity index is 186. The summed E-state index contributed by atoms with van der Waals surface area (Å²) in [4.78, 5) is 11.8. The summed E-state index contributed by atoms with van der Waals surface area (Å²) in [5, 5.41) is 0. The molecule has 3 nitrogen and oxygen atoms in total. The monoisotopic (exact) mass is 215 g/mol. The molecule has 3 heteroatoms. The molecule has 0 aromatic rings. The van der Waals surface area contributed by atoms with Crippen LogP contribution in [0.2, 0.25) is 0 Å². The number of carbonyl (C=O) groups excluding carboxylic acids is 1. The molecule has 90 valence electrons. The van der Waals surface area contributed by atoms with Gasteiger partial charge < -0.3 is 10.5 Å². The van der Waals surface area contributed by atoms with E-state index in [0.29, 0.717) is 19.1 Å². The van der Waals surface area contributed by atoms with Gasteiger partial charge in [-0.3, -0.25) is 4.79 Å². The highest BCUT2D eigenvalue weighted by molar-refractivity contribution is 5.77. The van der Waals surface area contributed by atoms with Gasteiger partial charge in [-0.1, -0.05) is 20.8 Å². The van der Waals surface area contributed by atoms with Crippen LogP contribution in [-0.2, 0) is 9.53 Å². The largest absolute Gasteiger partial charge is 0.466 e. The van der Waals surface area contributed by atoms with Crippen LogP contribution in [0.1, 0.15) is 47.0 Å². The van der Waals surface area contributed by atoms with E-state index in [2.05, 4.69) is 13.8 Å². The van der Waals surface area contributed by atoms with Crippen molar-refractivity contribution in [3.05, 3.63) is 0 Å². The molecule has 0 fully saturated rings. The first-order valence-corrected chi connectivity index (χ1v) is 5.89. The van der Waals surface area contributed by atoms with E-state index in [1.165, 1.54) is 0 Å². The molecule has 0 aromatic carbocycles. The number of hydrogen-bond donors (Lipinski definition) is 1. The summed E-state index contributed by atoms with van der Waals surface area (Å²) in [7, 11) is 0. The predicted molar refractivity (Wildman–Crippen MR) is 62.5 cm³/mol. The number of rotatable bonds is 7. The van der Waals surface area contributed by atoms with Gasteiger partial charge in [-0.05, 0) is 32.1 Å². The molecule has 0 saturated heterocycles. The van der Waals surface area contributed by atoms with Gasteiger partial charge in [0.05, 0.1) is 12.0 Å². The summed E-state index contributed by atoms with van der Waals surface area (Å²) < 4.78 is 5.10. The standard InChI is InChI=1S/C12H25NO2/c1-5-12(9-13,8-7-10(3)4)11(14)15-6-2/h10H,5-9,13H2,1-4H3. The van der Waals surface area contributed by atoms with Crippen molar-refractivity contribution in [3.63, 3.8) is 0 Å². The molecular formula is C12H25NO2. The summed E-state index contributed by atoms with van der Waals surface area (Å²) in [5.74, 6) is 0.465. The summed E-state index contributed by atoms with van der Waals surface area (Å²) in [5.41, 5.74) is 5.28. The lowest BCUT2D eigenvalue weighted by Gasteiger charge is -2.29. The molecule has 0 saturated carbocycles. The van der Waals surface area contributed by atoms with Gasteiger partial charge in [-0.15, -0.1) is 0 Å². The molecule has 0 rings (SSSR count). The molecule has 2 N–H and O–H groups in total. The van der Waals surface area contributed by atoms with E-state index < -0.39 is 5.41 Å². The molecule has 0 aliphatic carbocycles. The van der Waals surface area contributed by atoms with Gasteiger partial charge in [-0.25, -0.2) is 0 Å². The Morgan fingerprint density at radius 2 is 2.00 bits per heavy atom. The number of ether oxygens (including phenoxy) is 1. The Morgan fingerprint density at radius 1 is 1.40 bits per heavy atom. The van der Waals surface area contributed by atoms with Crippen LogP contribution < -0.4 is 5.73 Å². The first-order valence-electron chi connectivity index (χ1n) is 5.89. The predicted octanol–water partition coefficient (Wildman–Crippen LogP) is 2.34. The number of esters is 1. The maximum atomic E-state index is 11.8. The molecule has 0 spiro atoms. The number of nitrogens with two attached hydrogens (primary N) is 1.